The van der Waals surface area contributed by atoms with Gasteiger partial charge in [-0.15, -0.1) is 0 Å². The molecule has 0 aromatic rings. The fourth-order valence-corrected chi connectivity index (χ4v) is 14.1. The largest absolute Gasteiger partial charge is 0.329 e. The second kappa shape index (κ2) is 50.8. The van der Waals surface area contributed by atoms with Crippen molar-refractivity contribution in [1.29, 1.82) is 0 Å². The lowest BCUT2D eigenvalue weighted by Crippen LogP contribution is -2.51. The number of likely N-dealkylation sites (N-methyl/N-ethyl adjacent to an activating group) is 8. The summed E-state index contributed by atoms with van der Waals surface area (Å²) in [7, 11) is 49.3. The molecule has 0 heterocycles. The van der Waals surface area contributed by atoms with Crippen LogP contribution in [-0.4, -0.2) is 317 Å². The summed E-state index contributed by atoms with van der Waals surface area (Å²) in [6, 6.07) is 0. The predicted molar refractivity (Wildman–Crippen MR) is 414 cm³/mol. The van der Waals surface area contributed by atoms with Crippen LogP contribution in [0.25, 0.3) is 0 Å². The minimum absolute atomic E-state index is 1.18. The van der Waals surface area contributed by atoms with E-state index in [0.717, 1.165) is 0 Å². The van der Waals surface area contributed by atoms with Gasteiger partial charge in [0, 0.05) is 0 Å². The number of hydrogen-bond acceptors (Lipinski definition) is 0. The molecule has 0 saturated carbocycles. The van der Waals surface area contributed by atoms with Gasteiger partial charge in [0.05, 0.1) is 219 Å². The van der Waals surface area contributed by atoms with Crippen LogP contribution < -0.4 is 0 Å². The summed E-state index contributed by atoms with van der Waals surface area (Å²) in [6.45, 7) is 31.0. The van der Waals surface area contributed by atoms with Gasteiger partial charge in [-0.1, -0.05) is 128 Å². The van der Waals surface area contributed by atoms with Gasteiger partial charge in [0.1, 0.15) is 52.4 Å². The number of hydrogen-bond donors (Lipinski definition) is 0. The highest BCUT2D eigenvalue weighted by atomic mass is 15.4. The third-order valence-corrected chi connectivity index (χ3v) is 23.3. The third-order valence-electron chi connectivity index (χ3n) is 23.3. The zero-order valence-electron chi connectivity index (χ0n) is 68.9. The Hall–Kier alpha value is -0.400. The minimum atomic E-state index is 1.18. The van der Waals surface area contributed by atoms with Crippen LogP contribution >= 0.6 is 0 Å². The Kier molecular flexibility index (Phi) is 50.6. The second-order valence-corrected chi connectivity index (χ2v) is 38.2. The molecule has 0 unspecified atom stereocenters. The molecule has 0 rings (SSSR count). The molecule has 92 heavy (non-hydrogen) atoms. The Morgan fingerprint density at radius 1 is 0.0978 bits per heavy atom. The molecule has 0 aromatic carbocycles. The van der Waals surface area contributed by atoms with Gasteiger partial charge in [-0.3, -0.25) is 0 Å². The van der Waals surface area contributed by atoms with Crippen molar-refractivity contribution in [3.63, 3.8) is 0 Å². The van der Waals surface area contributed by atoms with Crippen molar-refractivity contribution in [3.05, 3.63) is 0 Å². The molecule has 10 nitrogen and oxygen atoms in total. The van der Waals surface area contributed by atoms with Gasteiger partial charge in [0.15, 0.2) is 0 Å². The second-order valence-electron chi connectivity index (χ2n) is 38.2. The molecule has 554 valence electrons. The molecule has 0 amide bonds. The molecular weight excluding hydrogens is 1120 g/mol. The summed E-state index contributed by atoms with van der Waals surface area (Å²) in [5, 5.41) is 0. The average Bonchev–Trinajstić information content (AvgIpc) is 1.52. The van der Waals surface area contributed by atoms with Gasteiger partial charge in [0.2, 0.25) is 0 Å². The molecule has 0 fully saturated rings. The normalized spacial score (nSPS) is 13.8. The van der Waals surface area contributed by atoms with E-state index in [1.165, 1.54) is 433 Å². The monoisotopic (exact) mass is 1310 g/mol. The van der Waals surface area contributed by atoms with Crippen LogP contribution in [0.5, 0.6) is 0 Å². The minimum Gasteiger partial charge on any atom is -0.329 e. The fourth-order valence-electron chi connectivity index (χ4n) is 14.1. The molecule has 0 atom stereocenters. The highest BCUT2D eigenvalue weighted by Crippen LogP contribution is 2.19. The zero-order chi connectivity index (χ0) is 69.4. The highest BCUT2D eigenvalue weighted by molar-refractivity contribution is 4.55. The van der Waals surface area contributed by atoms with E-state index in [9.17, 15) is 0 Å². The van der Waals surface area contributed by atoms with E-state index in [0.29, 0.717) is 0 Å². The number of nitrogens with zero attached hydrogens (tertiary/aromatic N) is 10. The number of quaternary nitrogens is 10. The molecule has 0 aliphatic rings. The Balaban J connectivity index is 3.90. The van der Waals surface area contributed by atoms with Crippen LogP contribution in [0.3, 0.4) is 0 Å². The smallest absolute Gasteiger partial charge is 0.128 e. The summed E-state index contributed by atoms with van der Waals surface area (Å²) < 4.78 is 11.9. The van der Waals surface area contributed by atoms with Gasteiger partial charge in [0.25, 0.3) is 0 Å². The van der Waals surface area contributed by atoms with E-state index in [4.69, 9.17) is 0 Å². The lowest BCUT2D eigenvalue weighted by Gasteiger charge is -2.36. The van der Waals surface area contributed by atoms with Gasteiger partial charge >= 0.3 is 0 Å². The first-order valence-corrected chi connectivity index (χ1v) is 41.2. The first kappa shape index (κ1) is 91.6. The average molecular weight is 1310 g/mol. The fraction of sp³-hybridized carbons (Fsp3) is 1.00. The first-order chi connectivity index (χ1) is 43.0. The van der Waals surface area contributed by atoms with Crippen molar-refractivity contribution < 1.29 is 44.8 Å². The van der Waals surface area contributed by atoms with Crippen LogP contribution in [0, 0.1) is 0 Å². The van der Waals surface area contributed by atoms with E-state index < -0.39 is 0 Å². The van der Waals surface area contributed by atoms with E-state index >= 15 is 0 Å². The molecular formula is C82H186N10+10. The van der Waals surface area contributed by atoms with Crippen molar-refractivity contribution in [2.45, 2.75) is 271 Å². The molecule has 0 saturated heterocycles. The maximum absolute atomic E-state index is 2.49. The Labute approximate surface area is 584 Å². The van der Waals surface area contributed by atoms with Crippen molar-refractivity contribution in [2.24, 2.45) is 0 Å². The molecule has 0 radical (unpaired) electrons. The molecule has 0 spiro atoms. The number of unbranched alkanes of at least 4 members (excludes halogenated alkanes) is 35. The Morgan fingerprint density at radius 3 is 0.261 bits per heavy atom. The van der Waals surface area contributed by atoms with Crippen LogP contribution in [-0.2, 0) is 0 Å². The molecule has 10 heteroatoms. The number of rotatable bonds is 69. The quantitative estimate of drug-likeness (QED) is 0.0421. The molecule has 0 aliphatic heterocycles. The summed E-state index contributed by atoms with van der Waals surface area (Å²) in [5.41, 5.74) is 0. The topological polar surface area (TPSA) is 0 Å². The maximum atomic E-state index is 2.49. The molecule has 0 aliphatic carbocycles. The van der Waals surface area contributed by atoms with Crippen molar-refractivity contribution in [3.8, 4) is 0 Å². The van der Waals surface area contributed by atoms with Crippen molar-refractivity contribution >= 4 is 0 Å². The van der Waals surface area contributed by atoms with Crippen LogP contribution in [0.2, 0.25) is 0 Å². The lowest BCUT2D eigenvalue weighted by molar-refractivity contribution is -0.946. The first-order valence-electron chi connectivity index (χ1n) is 41.2. The summed E-state index contributed by atoms with van der Waals surface area (Å²) in [5.74, 6) is 0. The lowest BCUT2D eigenvalue weighted by atomic mass is 10.1. The predicted octanol–water partition coefficient (Wildman–Crippen LogP) is 17.4. The van der Waals surface area contributed by atoms with Crippen molar-refractivity contribution in [2.75, 3.05) is 272 Å². The SMILES string of the molecule is CC[N+](C)(C)CCCCCCCCCC[N+](C)(C)CC[N+](C)(C)CCCCCCCCCC[N+](C)(C)CC[N+](C)(C)CCCCCCCCCC[N+](C)(C)CC[N+](C)(C)CCCCCCCCCC[N+](C)(C)CC[N+](C)(C)CCCCCCCCCC[N+](C)(C)CC. The molecule has 0 N–H and O–H groups in total. The van der Waals surface area contributed by atoms with E-state index in [1.54, 1.807) is 0 Å². The summed E-state index contributed by atoms with van der Waals surface area (Å²) in [6.07, 6.45) is 56.9. The van der Waals surface area contributed by atoms with E-state index in [1.807, 2.05) is 0 Å². The molecule has 0 bridgehead atoms. The highest BCUT2D eigenvalue weighted by Gasteiger charge is 2.27. The maximum Gasteiger partial charge on any atom is 0.128 e. The van der Waals surface area contributed by atoms with Crippen LogP contribution in [0.4, 0.5) is 0 Å². The molecule has 0 aromatic heterocycles. The summed E-state index contributed by atoms with van der Waals surface area (Å²) in [4.78, 5) is 0. The van der Waals surface area contributed by atoms with Crippen LogP contribution in [0.1, 0.15) is 271 Å². The Bertz CT molecular complexity index is 1540. The van der Waals surface area contributed by atoms with E-state index in [2.05, 4.69) is 155 Å². The van der Waals surface area contributed by atoms with Gasteiger partial charge in [-0.2, -0.15) is 0 Å². The third kappa shape index (κ3) is 59.6. The zero-order valence-corrected chi connectivity index (χ0v) is 68.9. The van der Waals surface area contributed by atoms with E-state index in [-0.39, 0.29) is 0 Å². The van der Waals surface area contributed by atoms with Crippen LogP contribution in [0.15, 0.2) is 0 Å². The van der Waals surface area contributed by atoms with Crippen molar-refractivity contribution in [1.82, 2.24) is 0 Å². The standard InChI is InChI=1S/C82H186N10/c1-23-83(3,4)65-55-45-35-25-27-37-47-57-67-85(7,8)75-77-87(11,12)69-59-49-39-29-31-41-51-61-71-89(15,16)79-81-91(19,20)73-63-53-43-33-34-44-54-64-74-92(21,22)82-80-90(17,18)72-62-52-42-32-30-40-50-60-70-88(13,14)78-76-86(9,10)68-58-48-38-28-26-36-46-56-66-84(5,6)24-2/h23-82H2,1-22H3/q+10. The van der Waals surface area contributed by atoms with Gasteiger partial charge in [-0.25, -0.2) is 0 Å². The van der Waals surface area contributed by atoms with Gasteiger partial charge in [-0.05, 0) is 142 Å². The summed E-state index contributed by atoms with van der Waals surface area (Å²) >= 11 is 0. The van der Waals surface area contributed by atoms with Gasteiger partial charge < -0.3 is 44.8 Å². The Morgan fingerprint density at radius 2 is 0.174 bits per heavy atom.